The van der Waals surface area contributed by atoms with Crippen molar-refractivity contribution in [2.24, 2.45) is 5.73 Å². The number of imidazole rings is 1. The number of H-pyrrole nitrogens is 1. The fourth-order valence-electron chi connectivity index (χ4n) is 3.98. The Balaban J connectivity index is 1.53. The van der Waals surface area contributed by atoms with Crippen LogP contribution in [0.3, 0.4) is 0 Å². The van der Waals surface area contributed by atoms with Crippen LogP contribution in [0.25, 0.3) is 33.5 Å². The number of hydrogen-bond acceptors (Lipinski definition) is 4. The van der Waals surface area contributed by atoms with E-state index in [9.17, 15) is 4.79 Å². The maximum atomic E-state index is 11.5. The number of hydrogen-bond donors (Lipinski definition) is 2. The van der Waals surface area contributed by atoms with Crippen LogP contribution < -0.4 is 5.73 Å². The number of amides is 1. The standard InChI is InChI=1S/C27H23N5O/c1-17-5-2-9-23(30-17)26-25(20-11-12-22-19(16-20)8-4-14-29-22)31-24(32-26)13-10-18-6-3-7-21(15-18)27(28)33/h2-9,11-12,14-16H,10,13H2,1H3,(H2,28,33)(H,31,32). The molecule has 3 heterocycles. The average molecular weight is 434 g/mol. The van der Waals surface area contributed by atoms with Crippen LogP contribution in [-0.4, -0.2) is 25.8 Å². The SMILES string of the molecule is Cc1cccc(-c2[nH]c(CCc3cccc(C(N)=O)c3)nc2-c2ccc3ncccc3c2)n1. The number of fused-ring (bicyclic) bond motifs is 1. The molecule has 0 saturated heterocycles. The number of rotatable bonds is 6. The molecule has 0 aliphatic rings. The zero-order valence-corrected chi connectivity index (χ0v) is 18.2. The highest BCUT2D eigenvalue weighted by molar-refractivity contribution is 5.93. The zero-order chi connectivity index (χ0) is 22.8. The lowest BCUT2D eigenvalue weighted by Crippen LogP contribution is -2.11. The van der Waals surface area contributed by atoms with Crippen molar-refractivity contribution in [2.75, 3.05) is 0 Å². The fourth-order valence-corrected chi connectivity index (χ4v) is 3.98. The maximum Gasteiger partial charge on any atom is 0.248 e. The fraction of sp³-hybridized carbons (Fsp3) is 0.111. The highest BCUT2D eigenvalue weighted by atomic mass is 16.1. The highest BCUT2D eigenvalue weighted by Gasteiger charge is 2.16. The number of nitrogens with two attached hydrogens (primary N) is 1. The van der Waals surface area contributed by atoms with E-state index in [-0.39, 0.29) is 0 Å². The van der Waals surface area contributed by atoms with Gasteiger partial charge in [0.1, 0.15) is 5.82 Å². The van der Waals surface area contributed by atoms with Crippen LogP contribution in [0.2, 0.25) is 0 Å². The molecule has 0 radical (unpaired) electrons. The van der Waals surface area contributed by atoms with E-state index in [2.05, 4.69) is 22.1 Å². The number of carbonyl (C=O) groups excluding carboxylic acids is 1. The van der Waals surface area contributed by atoms with Gasteiger partial charge in [0.25, 0.3) is 0 Å². The van der Waals surface area contributed by atoms with Crippen LogP contribution in [0.1, 0.15) is 27.4 Å². The van der Waals surface area contributed by atoms with Crippen molar-refractivity contribution in [1.29, 1.82) is 0 Å². The quantitative estimate of drug-likeness (QED) is 0.399. The van der Waals surface area contributed by atoms with E-state index in [1.165, 1.54) is 0 Å². The Labute approximate surface area is 191 Å². The van der Waals surface area contributed by atoms with Crippen LogP contribution >= 0.6 is 0 Å². The monoisotopic (exact) mass is 433 g/mol. The number of benzene rings is 2. The summed E-state index contributed by atoms with van der Waals surface area (Å²) in [6.07, 6.45) is 3.22. The van der Waals surface area contributed by atoms with Crippen molar-refractivity contribution < 1.29 is 4.79 Å². The first kappa shape index (κ1) is 20.6. The second-order valence-corrected chi connectivity index (χ2v) is 8.05. The summed E-state index contributed by atoms with van der Waals surface area (Å²) >= 11 is 0. The molecule has 3 N–H and O–H groups in total. The molecule has 5 rings (SSSR count). The topological polar surface area (TPSA) is 97.6 Å². The van der Waals surface area contributed by atoms with Gasteiger partial charge in [0.05, 0.1) is 22.6 Å². The molecule has 0 spiro atoms. The van der Waals surface area contributed by atoms with Crippen molar-refractivity contribution in [2.45, 2.75) is 19.8 Å². The smallest absolute Gasteiger partial charge is 0.248 e. The molecule has 2 aromatic carbocycles. The Bertz CT molecular complexity index is 1470. The van der Waals surface area contributed by atoms with Crippen LogP contribution in [0.4, 0.5) is 0 Å². The first-order valence-corrected chi connectivity index (χ1v) is 10.8. The second-order valence-electron chi connectivity index (χ2n) is 8.05. The molecule has 0 saturated carbocycles. The Morgan fingerprint density at radius 3 is 2.67 bits per heavy atom. The third-order valence-electron chi connectivity index (χ3n) is 5.64. The molecule has 6 nitrogen and oxygen atoms in total. The predicted octanol–water partition coefficient (Wildman–Crippen LogP) is 4.88. The third-order valence-corrected chi connectivity index (χ3v) is 5.64. The van der Waals surface area contributed by atoms with E-state index in [1.807, 2.05) is 61.5 Å². The summed E-state index contributed by atoms with van der Waals surface area (Å²) in [5.74, 6) is 0.440. The molecule has 0 aliphatic heterocycles. The predicted molar refractivity (Wildman–Crippen MR) is 130 cm³/mol. The van der Waals surface area contributed by atoms with Gasteiger partial charge >= 0.3 is 0 Å². The molecule has 33 heavy (non-hydrogen) atoms. The Kier molecular flexibility index (Phi) is 5.40. The summed E-state index contributed by atoms with van der Waals surface area (Å²) in [5.41, 5.74) is 12.5. The van der Waals surface area contributed by atoms with Gasteiger partial charge in [-0.15, -0.1) is 0 Å². The number of aromatic amines is 1. The molecule has 0 fully saturated rings. The Hall–Kier alpha value is -4.32. The number of nitrogens with zero attached hydrogens (tertiary/aromatic N) is 3. The number of aryl methyl sites for hydroxylation is 3. The normalized spacial score (nSPS) is 11.1. The summed E-state index contributed by atoms with van der Waals surface area (Å²) < 4.78 is 0. The van der Waals surface area contributed by atoms with Crippen LogP contribution in [0.15, 0.2) is 79.0 Å². The van der Waals surface area contributed by atoms with E-state index < -0.39 is 5.91 Å². The minimum absolute atomic E-state index is 0.421. The molecule has 5 aromatic rings. The molecule has 0 unspecified atom stereocenters. The van der Waals surface area contributed by atoms with Crippen LogP contribution in [-0.2, 0) is 12.8 Å². The lowest BCUT2D eigenvalue weighted by atomic mass is 10.1. The van der Waals surface area contributed by atoms with Gasteiger partial charge in [-0.25, -0.2) is 4.98 Å². The van der Waals surface area contributed by atoms with E-state index in [4.69, 9.17) is 15.7 Å². The van der Waals surface area contributed by atoms with Gasteiger partial charge in [0.2, 0.25) is 5.91 Å². The molecule has 0 aliphatic carbocycles. The maximum absolute atomic E-state index is 11.5. The van der Waals surface area contributed by atoms with Gasteiger partial charge in [-0.3, -0.25) is 14.8 Å². The van der Waals surface area contributed by atoms with Gasteiger partial charge in [0, 0.05) is 34.8 Å². The van der Waals surface area contributed by atoms with Gasteiger partial charge in [0.15, 0.2) is 0 Å². The van der Waals surface area contributed by atoms with Gasteiger partial charge in [-0.05, 0) is 61.4 Å². The number of nitrogens with one attached hydrogen (secondary N) is 1. The Morgan fingerprint density at radius 2 is 1.82 bits per heavy atom. The van der Waals surface area contributed by atoms with Crippen molar-refractivity contribution in [3.05, 3.63) is 102 Å². The first-order chi connectivity index (χ1) is 16.1. The van der Waals surface area contributed by atoms with Gasteiger partial charge in [-0.1, -0.05) is 30.3 Å². The summed E-state index contributed by atoms with van der Waals surface area (Å²) in [4.78, 5) is 29.1. The summed E-state index contributed by atoms with van der Waals surface area (Å²) in [7, 11) is 0. The first-order valence-electron chi connectivity index (χ1n) is 10.8. The molecule has 0 atom stereocenters. The molecule has 1 amide bonds. The second kappa shape index (κ2) is 8.67. The minimum Gasteiger partial charge on any atom is -0.366 e. The average Bonchev–Trinajstić information content (AvgIpc) is 3.27. The lowest BCUT2D eigenvalue weighted by molar-refractivity contribution is 0.1000. The van der Waals surface area contributed by atoms with E-state index in [0.717, 1.165) is 57.1 Å². The lowest BCUT2D eigenvalue weighted by Gasteiger charge is -2.05. The number of aromatic nitrogens is 4. The molecule has 3 aromatic heterocycles. The molecule has 6 heteroatoms. The number of primary amides is 1. The number of carbonyl (C=O) groups is 1. The van der Waals surface area contributed by atoms with Gasteiger partial charge < -0.3 is 10.7 Å². The largest absolute Gasteiger partial charge is 0.366 e. The summed E-state index contributed by atoms with van der Waals surface area (Å²) in [6, 6.07) is 23.6. The molecular weight excluding hydrogens is 410 g/mol. The van der Waals surface area contributed by atoms with Crippen molar-refractivity contribution in [3.63, 3.8) is 0 Å². The van der Waals surface area contributed by atoms with E-state index in [0.29, 0.717) is 12.0 Å². The summed E-state index contributed by atoms with van der Waals surface area (Å²) in [6.45, 7) is 1.98. The molecule has 162 valence electrons. The number of pyridine rings is 2. The summed E-state index contributed by atoms with van der Waals surface area (Å²) in [5, 5.41) is 1.06. The molecule has 0 bridgehead atoms. The highest BCUT2D eigenvalue weighted by Crippen LogP contribution is 2.31. The van der Waals surface area contributed by atoms with E-state index in [1.54, 1.807) is 12.3 Å². The van der Waals surface area contributed by atoms with Crippen LogP contribution in [0.5, 0.6) is 0 Å². The van der Waals surface area contributed by atoms with Crippen LogP contribution in [0, 0.1) is 6.92 Å². The third kappa shape index (κ3) is 4.36. The van der Waals surface area contributed by atoms with Crippen molar-refractivity contribution >= 4 is 16.8 Å². The molecular formula is C27H23N5O. The Morgan fingerprint density at radius 1 is 0.939 bits per heavy atom. The van der Waals surface area contributed by atoms with Crippen molar-refractivity contribution in [1.82, 2.24) is 19.9 Å². The minimum atomic E-state index is -0.421. The van der Waals surface area contributed by atoms with Crippen molar-refractivity contribution in [3.8, 4) is 22.6 Å². The zero-order valence-electron chi connectivity index (χ0n) is 18.2. The van der Waals surface area contributed by atoms with Gasteiger partial charge in [-0.2, -0.15) is 0 Å². The van der Waals surface area contributed by atoms with E-state index >= 15 is 0 Å².